The number of pyridine rings is 1. The number of aryl methyl sites for hydroxylation is 1. The van der Waals surface area contributed by atoms with Crippen LogP contribution in [0.3, 0.4) is 0 Å². The Kier molecular flexibility index (Phi) is 4.03. The van der Waals surface area contributed by atoms with E-state index in [-0.39, 0.29) is 0 Å². The first kappa shape index (κ1) is 13.8. The third-order valence-electron chi connectivity index (χ3n) is 3.57. The summed E-state index contributed by atoms with van der Waals surface area (Å²) in [4.78, 5) is 4.66. The number of nitrogens with zero attached hydrogens (tertiary/aromatic N) is 3. The first-order valence-corrected chi connectivity index (χ1v) is 6.95. The maximum atomic E-state index is 4.66. The van der Waals surface area contributed by atoms with Gasteiger partial charge in [-0.15, -0.1) is 0 Å². The molecule has 0 unspecified atom stereocenters. The monoisotopic (exact) mass is 257 g/mol. The van der Waals surface area contributed by atoms with E-state index in [1.165, 1.54) is 5.69 Å². The largest absolute Gasteiger partial charge is 0.275 e. The molecule has 2 aromatic rings. The average Bonchev–Trinajstić information content (AvgIpc) is 2.76. The molecule has 0 aromatic carbocycles. The standard InChI is InChI=1S/C16H23N3/c1-11(2)16(12(3)4)15-7-6-13(10-17-15)14-8-9-19(5)18-14/h6-12,16H,1-5H3. The molecule has 0 amide bonds. The van der Waals surface area contributed by atoms with Crippen molar-refractivity contribution in [2.24, 2.45) is 18.9 Å². The zero-order valence-electron chi connectivity index (χ0n) is 12.5. The van der Waals surface area contributed by atoms with Crippen molar-refractivity contribution in [2.75, 3.05) is 0 Å². The molecule has 0 saturated carbocycles. The Hall–Kier alpha value is -1.64. The fraction of sp³-hybridized carbons (Fsp3) is 0.500. The van der Waals surface area contributed by atoms with Gasteiger partial charge in [0.05, 0.1) is 5.69 Å². The summed E-state index contributed by atoms with van der Waals surface area (Å²) in [5.41, 5.74) is 3.24. The van der Waals surface area contributed by atoms with Gasteiger partial charge in [0.2, 0.25) is 0 Å². The molecule has 3 nitrogen and oxygen atoms in total. The lowest BCUT2D eigenvalue weighted by Gasteiger charge is -2.24. The van der Waals surface area contributed by atoms with Crippen LogP contribution in [0.4, 0.5) is 0 Å². The summed E-state index contributed by atoms with van der Waals surface area (Å²) < 4.78 is 1.81. The van der Waals surface area contributed by atoms with Crippen molar-refractivity contribution in [1.29, 1.82) is 0 Å². The molecule has 2 heterocycles. The fourth-order valence-corrected chi connectivity index (χ4v) is 2.78. The lowest BCUT2D eigenvalue weighted by Crippen LogP contribution is -2.14. The van der Waals surface area contributed by atoms with E-state index >= 15 is 0 Å². The zero-order chi connectivity index (χ0) is 14.0. The molecule has 0 atom stereocenters. The minimum Gasteiger partial charge on any atom is -0.275 e. The third kappa shape index (κ3) is 3.03. The molecule has 2 aromatic heterocycles. The lowest BCUT2D eigenvalue weighted by atomic mass is 9.82. The van der Waals surface area contributed by atoms with Crippen LogP contribution in [-0.4, -0.2) is 14.8 Å². The van der Waals surface area contributed by atoms with Crippen LogP contribution in [0.2, 0.25) is 0 Å². The highest BCUT2D eigenvalue weighted by Crippen LogP contribution is 2.31. The van der Waals surface area contributed by atoms with Gasteiger partial charge in [-0.3, -0.25) is 9.67 Å². The van der Waals surface area contributed by atoms with Crippen LogP contribution in [-0.2, 0) is 7.05 Å². The van der Waals surface area contributed by atoms with Gasteiger partial charge in [-0.05, 0) is 30.0 Å². The van der Waals surface area contributed by atoms with Gasteiger partial charge in [0.15, 0.2) is 0 Å². The summed E-state index contributed by atoms with van der Waals surface area (Å²) in [6, 6.07) is 6.29. The van der Waals surface area contributed by atoms with Crippen molar-refractivity contribution in [3.63, 3.8) is 0 Å². The molecule has 0 N–H and O–H groups in total. The summed E-state index contributed by atoms with van der Waals surface area (Å²) in [5, 5.41) is 4.40. The molecule has 0 aliphatic rings. The van der Waals surface area contributed by atoms with Crippen LogP contribution in [0.5, 0.6) is 0 Å². The van der Waals surface area contributed by atoms with E-state index in [9.17, 15) is 0 Å². The number of hydrogen-bond donors (Lipinski definition) is 0. The maximum Gasteiger partial charge on any atom is 0.0938 e. The maximum absolute atomic E-state index is 4.66. The van der Waals surface area contributed by atoms with E-state index < -0.39 is 0 Å². The molecule has 2 rings (SSSR count). The molecular formula is C16H23N3. The second-order valence-corrected chi connectivity index (χ2v) is 5.86. The Morgan fingerprint density at radius 1 is 1.00 bits per heavy atom. The number of hydrogen-bond acceptors (Lipinski definition) is 2. The fourth-order valence-electron chi connectivity index (χ4n) is 2.78. The minimum atomic E-state index is 0.512. The molecule has 19 heavy (non-hydrogen) atoms. The van der Waals surface area contributed by atoms with Gasteiger partial charge < -0.3 is 0 Å². The predicted molar refractivity (Wildman–Crippen MR) is 78.9 cm³/mol. The Morgan fingerprint density at radius 3 is 2.11 bits per heavy atom. The summed E-state index contributed by atoms with van der Waals surface area (Å²) in [6.07, 6.45) is 3.89. The number of rotatable bonds is 4. The molecule has 102 valence electrons. The predicted octanol–water partition coefficient (Wildman–Crippen LogP) is 3.88. The summed E-state index contributed by atoms with van der Waals surface area (Å²) in [7, 11) is 1.93. The van der Waals surface area contributed by atoms with Gasteiger partial charge in [-0.2, -0.15) is 5.10 Å². The van der Waals surface area contributed by atoms with E-state index in [0.717, 1.165) is 11.3 Å². The minimum absolute atomic E-state index is 0.512. The Morgan fingerprint density at radius 2 is 1.68 bits per heavy atom. The normalized spacial score (nSPS) is 11.8. The third-order valence-corrected chi connectivity index (χ3v) is 3.57. The van der Waals surface area contributed by atoms with Gasteiger partial charge in [0, 0.05) is 36.6 Å². The van der Waals surface area contributed by atoms with Gasteiger partial charge in [-0.1, -0.05) is 27.7 Å². The smallest absolute Gasteiger partial charge is 0.0938 e. The van der Waals surface area contributed by atoms with Gasteiger partial charge in [0.25, 0.3) is 0 Å². The summed E-state index contributed by atoms with van der Waals surface area (Å²) >= 11 is 0. The van der Waals surface area contributed by atoms with Gasteiger partial charge >= 0.3 is 0 Å². The van der Waals surface area contributed by atoms with Crippen LogP contribution in [0.25, 0.3) is 11.3 Å². The molecule has 0 aliphatic heterocycles. The molecule has 0 fully saturated rings. The van der Waals surface area contributed by atoms with Crippen LogP contribution >= 0.6 is 0 Å². The van der Waals surface area contributed by atoms with Crippen molar-refractivity contribution in [2.45, 2.75) is 33.6 Å². The Bertz CT molecular complexity index is 515. The molecule has 3 heteroatoms. The van der Waals surface area contributed by atoms with Crippen LogP contribution in [0, 0.1) is 11.8 Å². The topological polar surface area (TPSA) is 30.7 Å². The second kappa shape index (κ2) is 5.55. The highest BCUT2D eigenvalue weighted by molar-refractivity contribution is 5.57. The molecule has 0 bridgehead atoms. The highest BCUT2D eigenvalue weighted by Gasteiger charge is 2.20. The Balaban J connectivity index is 2.27. The van der Waals surface area contributed by atoms with Crippen molar-refractivity contribution < 1.29 is 0 Å². The van der Waals surface area contributed by atoms with E-state index in [2.05, 4.69) is 49.9 Å². The summed E-state index contributed by atoms with van der Waals surface area (Å²) in [6.45, 7) is 9.05. The molecule has 0 saturated heterocycles. The molecule has 0 aliphatic carbocycles. The quantitative estimate of drug-likeness (QED) is 0.832. The first-order chi connectivity index (χ1) is 8.99. The van der Waals surface area contributed by atoms with Crippen molar-refractivity contribution in [1.82, 2.24) is 14.8 Å². The van der Waals surface area contributed by atoms with E-state index in [0.29, 0.717) is 17.8 Å². The SMILES string of the molecule is CC(C)C(c1ccc(-c2ccn(C)n2)cn1)C(C)C. The van der Waals surface area contributed by atoms with Crippen molar-refractivity contribution in [3.05, 3.63) is 36.3 Å². The van der Waals surface area contributed by atoms with Crippen molar-refractivity contribution >= 4 is 0 Å². The molecule has 0 spiro atoms. The van der Waals surface area contributed by atoms with Crippen LogP contribution < -0.4 is 0 Å². The first-order valence-electron chi connectivity index (χ1n) is 6.95. The second-order valence-electron chi connectivity index (χ2n) is 5.86. The van der Waals surface area contributed by atoms with Gasteiger partial charge in [0.1, 0.15) is 0 Å². The van der Waals surface area contributed by atoms with Gasteiger partial charge in [-0.25, -0.2) is 0 Å². The van der Waals surface area contributed by atoms with E-state index in [1.807, 2.05) is 30.2 Å². The molecule has 0 radical (unpaired) electrons. The Labute approximate surface area is 115 Å². The zero-order valence-corrected chi connectivity index (χ0v) is 12.5. The van der Waals surface area contributed by atoms with E-state index in [4.69, 9.17) is 0 Å². The number of aromatic nitrogens is 3. The highest BCUT2D eigenvalue weighted by atomic mass is 15.2. The van der Waals surface area contributed by atoms with Crippen LogP contribution in [0.15, 0.2) is 30.6 Å². The average molecular weight is 257 g/mol. The van der Waals surface area contributed by atoms with Crippen LogP contribution in [0.1, 0.15) is 39.3 Å². The van der Waals surface area contributed by atoms with E-state index in [1.54, 1.807) is 0 Å². The summed E-state index contributed by atoms with van der Waals surface area (Å²) in [5.74, 6) is 1.72. The lowest BCUT2D eigenvalue weighted by molar-refractivity contribution is 0.380. The van der Waals surface area contributed by atoms with Crippen molar-refractivity contribution in [3.8, 4) is 11.3 Å². The molecular weight excluding hydrogens is 234 g/mol.